The van der Waals surface area contributed by atoms with Gasteiger partial charge in [-0.1, -0.05) is 0 Å². The normalized spacial score (nSPS) is 12.1. The maximum Gasteiger partial charge on any atom is 0.308 e. The fraction of sp³-hybridized carbons (Fsp3) is 0.222. The summed E-state index contributed by atoms with van der Waals surface area (Å²) in [7, 11) is 0. The van der Waals surface area contributed by atoms with E-state index in [0.717, 1.165) is 55.4 Å². The monoisotopic (exact) mass is 1310 g/mol. The largest absolute Gasteiger partial charge is 0.508 e. The second-order valence-electron chi connectivity index (χ2n) is 22.9. The molecule has 9 rings (SSSR count). The molecule has 0 saturated carbocycles. The number of hydrogen-bond acceptors (Lipinski definition) is 24. The third-order valence-corrected chi connectivity index (χ3v) is 14.8. The van der Waals surface area contributed by atoms with Crippen LogP contribution in [0.3, 0.4) is 0 Å². The van der Waals surface area contributed by atoms with Gasteiger partial charge in [0.05, 0.1) is 0 Å². The molecule has 0 aliphatic heterocycles. The summed E-state index contributed by atoms with van der Waals surface area (Å²) < 4.78 is 47.0. The first-order valence-corrected chi connectivity index (χ1v) is 29.6. The van der Waals surface area contributed by atoms with Crippen LogP contribution in [0.25, 0.3) is 0 Å². The van der Waals surface area contributed by atoms with Crippen LogP contribution in [0.5, 0.6) is 92.0 Å². The minimum atomic E-state index is -0.859. The maximum atomic E-state index is 13.1. The van der Waals surface area contributed by atoms with Gasteiger partial charge in [0.25, 0.3) is 0 Å². The molecule has 0 heterocycles. The van der Waals surface area contributed by atoms with Crippen molar-refractivity contribution in [2.45, 2.75) is 107 Å². The van der Waals surface area contributed by atoms with Crippen LogP contribution >= 0.6 is 0 Å². The van der Waals surface area contributed by atoms with Crippen molar-refractivity contribution in [2.75, 3.05) is 0 Å². The topological polar surface area (TPSA) is 372 Å². The summed E-state index contributed by atoms with van der Waals surface area (Å²) in [6.45, 7) is 8.78. The van der Waals surface area contributed by atoms with Crippen LogP contribution in [-0.4, -0.2) is 88.6 Å². The Kier molecular flexibility index (Phi) is 20.2. The minimum absolute atomic E-state index is 0.0426. The van der Waals surface area contributed by atoms with E-state index in [9.17, 15) is 79.2 Å². The van der Waals surface area contributed by atoms with E-state index < -0.39 is 145 Å². The number of rotatable bonds is 8. The number of carbonyl (C=O) groups excluding carboxylic acids is 8. The molecule has 0 spiro atoms. The minimum Gasteiger partial charge on any atom is -0.508 e. The number of esters is 8. The molecule has 0 saturated heterocycles. The molecule has 1 aliphatic carbocycles. The third kappa shape index (κ3) is 16.6. The van der Waals surface area contributed by atoms with E-state index in [2.05, 4.69) is 0 Å². The van der Waals surface area contributed by atoms with Crippen molar-refractivity contribution < 1.29 is 117 Å². The fourth-order valence-corrected chi connectivity index (χ4v) is 11.8. The quantitative estimate of drug-likeness (QED) is 0.0518. The molecule has 1 aliphatic rings. The van der Waals surface area contributed by atoms with Crippen molar-refractivity contribution in [2.24, 2.45) is 0 Å². The van der Waals surface area contributed by atoms with E-state index in [1.807, 2.05) is 0 Å². The highest BCUT2D eigenvalue weighted by Gasteiger charge is 2.30. The standard InChI is InChI=1S/C72H64O24/c1-33(73)89-65-41-9-43-19-58(82)21-45(66(43)90-34(2)74)11-47-23-60(84)25-49(68(47)92-36(4)76)13-51-27-62(86)29-53(70(51)94-38(6)78)15-55-31-64(88)32-56(72(55)96-40(8)80)16-54-30-63(87)28-52(71(54)95-39(7)79)14-50-26-61(85)24-48(69(50)93-37(5)77)12-46-22-59(83)20-44(67(46)91-35(3)75)10-42(65)18-57(81)17-41/h17-32,81-88H,9-16H2,1-8H3. The number of aromatic hydroxyl groups is 8. The Morgan fingerprint density at radius 2 is 0.260 bits per heavy atom. The van der Waals surface area contributed by atoms with Crippen LogP contribution in [0.4, 0.5) is 0 Å². The Labute approximate surface area is 547 Å². The van der Waals surface area contributed by atoms with Crippen molar-refractivity contribution in [1.29, 1.82) is 0 Å². The van der Waals surface area contributed by atoms with Crippen molar-refractivity contribution >= 4 is 47.8 Å². The molecule has 0 amide bonds. The van der Waals surface area contributed by atoms with Crippen LogP contribution in [0.2, 0.25) is 0 Å². The molecule has 8 aromatic rings. The van der Waals surface area contributed by atoms with Gasteiger partial charge in [0.15, 0.2) is 0 Å². The molecule has 0 radical (unpaired) electrons. The van der Waals surface area contributed by atoms with Gasteiger partial charge in [-0.25, -0.2) is 0 Å². The number of carbonyl (C=O) groups is 8. The summed E-state index contributed by atoms with van der Waals surface area (Å²) >= 11 is 0. The van der Waals surface area contributed by atoms with Gasteiger partial charge in [0.2, 0.25) is 0 Å². The molecule has 0 aromatic heterocycles. The second kappa shape index (κ2) is 28.4. The van der Waals surface area contributed by atoms with Crippen molar-refractivity contribution in [3.05, 3.63) is 186 Å². The van der Waals surface area contributed by atoms with Gasteiger partial charge in [-0.15, -0.1) is 0 Å². The van der Waals surface area contributed by atoms with Gasteiger partial charge < -0.3 is 78.7 Å². The van der Waals surface area contributed by atoms with Crippen LogP contribution in [0.1, 0.15) is 144 Å². The number of fused-ring (bicyclic) bond motifs is 16. The van der Waals surface area contributed by atoms with E-state index in [1.54, 1.807) is 0 Å². The molecule has 96 heavy (non-hydrogen) atoms. The summed E-state index contributed by atoms with van der Waals surface area (Å²) in [5.74, 6) is -11.7. The lowest BCUT2D eigenvalue weighted by Crippen LogP contribution is -2.13. The SMILES string of the molecule is CC(=O)Oc1c2cc(O)cc1Cc1cc(O)cc(c1OC(C)=O)Cc1cc(O)cc(c1OC(C)=O)Cc1cc(O)cc(c1OC(C)=O)Cc1cc(O)cc(c1OC(C)=O)Cc1cc(O)cc(c1OC(C)=O)Cc1cc(O)cc(c1OC(C)=O)Cc1cc(O)cc(c1OC(C)=O)C2. The van der Waals surface area contributed by atoms with Gasteiger partial charge in [-0.05, 0) is 97.1 Å². The lowest BCUT2D eigenvalue weighted by Gasteiger charge is -2.22. The van der Waals surface area contributed by atoms with Crippen molar-refractivity contribution in [1.82, 2.24) is 0 Å². The van der Waals surface area contributed by atoms with Crippen molar-refractivity contribution in [3.63, 3.8) is 0 Å². The van der Waals surface area contributed by atoms with E-state index in [4.69, 9.17) is 37.9 Å². The summed E-state index contributed by atoms with van der Waals surface area (Å²) in [4.78, 5) is 105. The summed E-state index contributed by atoms with van der Waals surface area (Å²) in [5.41, 5.74) is 0.681. The van der Waals surface area contributed by atoms with E-state index in [-0.39, 0.29) is 135 Å². The number of hydrogen-bond donors (Lipinski definition) is 8. The summed E-state index contributed by atoms with van der Waals surface area (Å²) in [6.07, 6.45) is -3.16. The fourth-order valence-electron chi connectivity index (χ4n) is 11.8. The number of benzene rings is 8. The predicted molar refractivity (Wildman–Crippen MR) is 338 cm³/mol. The van der Waals surface area contributed by atoms with Crippen LogP contribution in [-0.2, 0) is 89.7 Å². The van der Waals surface area contributed by atoms with Gasteiger partial charge in [-0.2, -0.15) is 0 Å². The first-order valence-electron chi connectivity index (χ1n) is 29.6. The molecular formula is C72H64O24. The maximum absolute atomic E-state index is 13.1. The molecule has 8 aromatic carbocycles. The Morgan fingerprint density at radius 3 is 0.323 bits per heavy atom. The van der Waals surface area contributed by atoms with Gasteiger partial charge in [-0.3, -0.25) is 38.4 Å². The molecule has 496 valence electrons. The zero-order chi connectivity index (χ0) is 69.7. The van der Waals surface area contributed by atoms with E-state index in [1.165, 1.54) is 97.1 Å². The van der Waals surface area contributed by atoms with Gasteiger partial charge in [0, 0.05) is 196 Å². The second-order valence-corrected chi connectivity index (χ2v) is 22.9. The molecule has 24 nitrogen and oxygen atoms in total. The predicted octanol–water partition coefficient (Wildman–Crippen LogP) is 9.77. The first-order chi connectivity index (χ1) is 45.3. The summed E-state index contributed by atoms with van der Waals surface area (Å²) in [6, 6.07) is 19.7. The first kappa shape index (κ1) is 68.3. The number of phenols is 8. The Hall–Kier alpha value is -12.1. The Bertz CT molecular complexity index is 3510. The van der Waals surface area contributed by atoms with Crippen LogP contribution < -0.4 is 37.9 Å². The smallest absolute Gasteiger partial charge is 0.308 e. The molecule has 24 heteroatoms. The lowest BCUT2D eigenvalue weighted by molar-refractivity contribution is -0.133. The Morgan fingerprint density at radius 1 is 0.188 bits per heavy atom. The van der Waals surface area contributed by atoms with Crippen LogP contribution in [0.15, 0.2) is 97.1 Å². The van der Waals surface area contributed by atoms with Gasteiger partial charge >= 0.3 is 47.8 Å². The average molecular weight is 1310 g/mol. The lowest BCUT2D eigenvalue weighted by atomic mass is 9.90. The number of phenolic OH excluding ortho intramolecular Hbond substituents is 8. The Balaban J connectivity index is 1.35. The zero-order valence-electron chi connectivity index (χ0n) is 53.0. The highest BCUT2D eigenvalue weighted by Crippen LogP contribution is 2.46. The van der Waals surface area contributed by atoms with Gasteiger partial charge in [0.1, 0.15) is 92.0 Å². The van der Waals surface area contributed by atoms with Crippen LogP contribution in [0, 0.1) is 0 Å². The molecule has 0 atom stereocenters. The summed E-state index contributed by atoms with van der Waals surface area (Å²) in [5, 5.41) is 92.2. The third-order valence-electron chi connectivity index (χ3n) is 14.8. The zero-order valence-corrected chi connectivity index (χ0v) is 53.0. The molecule has 0 fully saturated rings. The molecule has 8 N–H and O–H groups in total. The van der Waals surface area contributed by atoms with E-state index >= 15 is 0 Å². The number of ether oxygens (including phenoxy) is 8. The average Bonchev–Trinajstić information content (AvgIpc) is 0.793. The molecular weight excluding hydrogens is 1250 g/mol. The van der Waals surface area contributed by atoms with Crippen molar-refractivity contribution in [3.8, 4) is 92.0 Å². The molecule has 16 bridgehead atoms. The molecule has 0 unspecified atom stereocenters. The van der Waals surface area contributed by atoms with E-state index in [0.29, 0.717) is 0 Å². The highest BCUT2D eigenvalue weighted by atomic mass is 16.6. The highest BCUT2D eigenvalue weighted by molar-refractivity contribution is 5.78.